The number of anilines is 2. The van der Waals surface area contributed by atoms with Crippen molar-refractivity contribution in [2.75, 3.05) is 49.5 Å². The van der Waals surface area contributed by atoms with E-state index in [-0.39, 0.29) is 0 Å². The molecule has 0 aliphatic carbocycles. The number of carbonyl (C=O) groups is 1. The van der Waals surface area contributed by atoms with Crippen LogP contribution in [0.3, 0.4) is 0 Å². The lowest BCUT2D eigenvalue weighted by molar-refractivity contribution is -0.132. The standard InChI is InChI=1S/C29H42N6O/c36-28(13-12-24-9-4-3-5-10-24)34-21-15-26(16-22-34)35-20-8-11-25(23-35)31-29-30-17-14-27(32-29)33-18-6-1-2-7-19-33/h3-5,9-10,14,17,25-26H,1-2,6-8,11-13,15-16,18-23H2,(H,30,31,32). The maximum atomic E-state index is 12.8. The molecule has 7 nitrogen and oxygen atoms in total. The Kier molecular flexibility index (Phi) is 8.70. The van der Waals surface area contributed by atoms with Gasteiger partial charge in [-0.1, -0.05) is 43.2 Å². The number of likely N-dealkylation sites (tertiary alicyclic amines) is 2. The summed E-state index contributed by atoms with van der Waals surface area (Å²) in [5, 5.41) is 3.65. The van der Waals surface area contributed by atoms with Crippen molar-refractivity contribution in [1.82, 2.24) is 19.8 Å². The number of benzene rings is 1. The van der Waals surface area contributed by atoms with Crippen molar-refractivity contribution in [3.63, 3.8) is 0 Å². The Bertz CT molecular complexity index is 953. The molecule has 3 aliphatic heterocycles. The number of nitrogens with one attached hydrogen (secondary N) is 1. The Hall–Kier alpha value is -2.67. The summed E-state index contributed by atoms with van der Waals surface area (Å²) in [5.74, 6) is 2.13. The van der Waals surface area contributed by atoms with Gasteiger partial charge in [0.2, 0.25) is 11.9 Å². The molecular weight excluding hydrogens is 448 g/mol. The van der Waals surface area contributed by atoms with E-state index in [1.807, 2.05) is 24.4 Å². The Morgan fingerprint density at radius 1 is 0.889 bits per heavy atom. The Morgan fingerprint density at radius 2 is 1.67 bits per heavy atom. The van der Waals surface area contributed by atoms with Gasteiger partial charge in [-0.05, 0) is 63.1 Å². The number of piperidine rings is 2. The predicted octanol–water partition coefficient (Wildman–Crippen LogP) is 4.36. The van der Waals surface area contributed by atoms with Crippen molar-refractivity contribution in [2.24, 2.45) is 0 Å². The van der Waals surface area contributed by atoms with Crippen molar-refractivity contribution in [2.45, 2.75) is 76.3 Å². The third kappa shape index (κ3) is 6.75. The van der Waals surface area contributed by atoms with Gasteiger partial charge in [0.15, 0.2) is 0 Å². The molecule has 1 aromatic carbocycles. The number of aryl methyl sites for hydroxylation is 1. The molecule has 1 atom stereocenters. The lowest BCUT2D eigenvalue weighted by Crippen LogP contribution is -2.52. The van der Waals surface area contributed by atoms with Crippen LogP contribution in [0, 0.1) is 0 Å². The van der Waals surface area contributed by atoms with Crippen LogP contribution in [0.4, 0.5) is 11.8 Å². The van der Waals surface area contributed by atoms with Gasteiger partial charge in [-0.3, -0.25) is 9.69 Å². The fraction of sp³-hybridized carbons (Fsp3) is 0.621. The Morgan fingerprint density at radius 3 is 2.44 bits per heavy atom. The van der Waals surface area contributed by atoms with Crippen molar-refractivity contribution in [3.05, 3.63) is 48.2 Å². The first kappa shape index (κ1) is 25.0. The SMILES string of the molecule is O=C(CCc1ccccc1)N1CCC(N2CCCC(Nc3nccc(N4CCCCCC4)n3)C2)CC1. The normalized spacial score (nSPS) is 22.3. The number of amides is 1. The number of hydrogen-bond donors (Lipinski definition) is 1. The number of aromatic nitrogens is 2. The topological polar surface area (TPSA) is 64.6 Å². The molecule has 5 rings (SSSR count). The van der Waals surface area contributed by atoms with Gasteiger partial charge in [0.25, 0.3) is 0 Å². The fourth-order valence-corrected chi connectivity index (χ4v) is 6.07. The number of carbonyl (C=O) groups excluding carboxylic acids is 1. The maximum Gasteiger partial charge on any atom is 0.224 e. The molecule has 7 heteroatoms. The molecule has 36 heavy (non-hydrogen) atoms. The molecule has 3 aliphatic rings. The zero-order chi connectivity index (χ0) is 24.6. The summed E-state index contributed by atoms with van der Waals surface area (Å²) in [6.07, 6.45) is 13.0. The van der Waals surface area contributed by atoms with Crippen LogP contribution in [0.15, 0.2) is 42.6 Å². The van der Waals surface area contributed by atoms with Crippen LogP contribution in [0.2, 0.25) is 0 Å². The van der Waals surface area contributed by atoms with Gasteiger partial charge in [-0.15, -0.1) is 0 Å². The highest BCUT2D eigenvalue weighted by molar-refractivity contribution is 5.76. The summed E-state index contributed by atoms with van der Waals surface area (Å²) in [7, 11) is 0. The molecule has 1 N–H and O–H groups in total. The van der Waals surface area contributed by atoms with Gasteiger partial charge in [0.1, 0.15) is 5.82 Å². The quantitative estimate of drug-likeness (QED) is 0.622. The minimum Gasteiger partial charge on any atom is -0.356 e. The minimum atomic E-state index is 0.303. The monoisotopic (exact) mass is 490 g/mol. The van der Waals surface area contributed by atoms with Crippen molar-refractivity contribution >= 4 is 17.7 Å². The highest BCUT2D eigenvalue weighted by atomic mass is 16.2. The second-order valence-corrected chi connectivity index (χ2v) is 10.7. The van der Waals surface area contributed by atoms with Crippen LogP contribution in [-0.4, -0.2) is 77.0 Å². The molecule has 0 radical (unpaired) electrons. The van der Waals surface area contributed by atoms with E-state index < -0.39 is 0 Å². The molecule has 0 saturated carbocycles. The lowest BCUT2D eigenvalue weighted by Gasteiger charge is -2.42. The van der Waals surface area contributed by atoms with E-state index in [0.29, 0.717) is 24.4 Å². The molecular formula is C29H42N6O. The van der Waals surface area contributed by atoms with Gasteiger partial charge in [-0.2, -0.15) is 4.98 Å². The van der Waals surface area contributed by atoms with E-state index in [1.165, 1.54) is 37.7 Å². The van der Waals surface area contributed by atoms with Gasteiger partial charge < -0.3 is 15.1 Å². The van der Waals surface area contributed by atoms with E-state index >= 15 is 0 Å². The van der Waals surface area contributed by atoms with E-state index in [9.17, 15) is 4.79 Å². The largest absolute Gasteiger partial charge is 0.356 e. The number of rotatable bonds is 7. The van der Waals surface area contributed by atoms with Crippen LogP contribution in [0.5, 0.6) is 0 Å². The summed E-state index contributed by atoms with van der Waals surface area (Å²) in [6.45, 7) is 6.15. The highest BCUT2D eigenvalue weighted by Crippen LogP contribution is 2.24. The van der Waals surface area contributed by atoms with E-state index in [0.717, 1.165) is 76.7 Å². The third-order valence-electron chi connectivity index (χ3n) is 8.16. The summed E-state index contributed by atoms with van der Waals surface area (Å²) >= 11 is 0. The fourth-order valence-electron chi connectivity index (χ4n) is 6.07. The molecule has 194 valence electrons. The summed E-state index contributed by atoms with van der Waals surface area (Å²) in [4.78, 5) is 29.3. The van der Waals surface area contributed by atoms with Gasteiger partial charge in [0.05, 0.1) is 0 Å². The predicted molar refractivity (Wildman–Crippen MR) is 145 cm³/mol. The van der Waals surface area contributed by atoms with E-state index in [4.69, 9.17) is 4.98 Å². The third-order valence-corrected chi connectivity index (χ3v) is 8.16. The van der Waals surface area contributed by atoms with Crippen LogP contribution in [0.25, 0.3) is 0 Å². The molecule has 2 aromatic rings. The second kappa shape index (κ2) is 12.5. The average Bonchev–Trinajstić information content (AvgIpc) is 3.23. The lowest BCUT2D eigenvalue weighted by atomic mass is 9.97. The highest BCUT2D eigenvalue weighted by Gasteiger charge is 2.30. The maximum absolute atomic E-state index is 12.8. The molecule has 3 saturated heterocycles. The average molecular weight is 491 g/mol. The number of hydrogen-bond acceptors (Lipinski definition) is 6. The van der Waals surface area contributed by atoms with E-state index in [1.54, 1.807) is 0 Å². The van der Waals surface area contributed by atoms with E-state index in [2.05, 4.69) is 43.2 Å². The van der Waals surface area contributed by atoms with Crippen molar-refractivity contribution in [1.29, 1.82) is 0 Å². The van der Waals surface area contributed by atoms with Crippen LogP contribution in [-0.2, 0) is 11.2 Å². The first-order valence-electron chi connectivity index (χ1n) is 14.1. The molecule has 0 bridgehead atoms. The molecule has 4 heterocycles. The molecule has 3 fully saturated rings. The van der Waals surface area contributed by atoms with Crippen molar-refractivity contribution in [3.8, 4) is 0 Å². The second-order valence-electron chi connectivity index (χ2n) is 10.7. The first-order valence-corrected chi connectivity index (χ1v) is 14.1. The van der Waals surface area contributed by atoms with Gasteiger partial charge >= 0.3 is 0 Å². The molecule has 0 spiro atoms. The molecule has 1 unspecified atom stereocenters. The van der Waals surface area contributed by atoms with Crippen LogP contribution >= 0.6 is 0 Å². The summed E-state index contributed by atoms with van der Waals surface area (Å²) < 4.78 is 0. The van der Waals surface area contributed by atoms with Gasteiger partial charge in [-0.25, -0.2) is 4.98 Å². The summed E-state index contributed by atoms with van der Waals surface area (Å²) in [6, 6.07) is 13.3. The minimum absolute atomic E-state index is 0.303. The smallest absolute Gasteiger partial charge is 0.224 e. The number of nitrogens with zero attached hydrogens (tertiary/aromatic N) is 5. The summed E-state index contributed by atoms with van der Waals surface area (Å²) in [5.41, 5.74) is 1.24. The Balaban J connectivity index is 1.09. The zero-order valence-electron chi connectivity index (χ0n) is 21.7. The molecule has 1 amide bonds. The van der Waals surface area contributed by atoms with Crippen LogP contribution in [0.1, 0.15) is 63.4 Å². The first-order chi connectivity index (χ1) is 17.7. The zero-order valence-corrected chi connectivity index (χ0v) is 21.7. The van der Waals surface area contributed by atoms with Gasteiger partial charge in [0, 0.05) is 57.4 Å². The Labute approximate surface area is 216 Å². The van der Waals surface area contributed by atoms with Crippen molar-refractivity contribution < 1.29 is 4.79 Å². The molecule has 1 aromatic heterocycles. The van der Waals surface area contributed by atoms with Crippen LogP contribution < -0.4 is 10.2 Å².